The number of aryl methyl sites for hydroxylation is 1. The Kier molecular flexibility index (Phi) is 4.95. The van der Waals surface area contributed by atoms with E-state index in [1.54, 1.807) is 19.1 Å². The van der Waals surface area contributed by atoms with Gasteiger partial charge in [-0.25, -0.2) is 0 Å². The standard InChI is InChI=1S/C21H22N2O4S/c1-12-9-16(24)15(11-23-6-4-13(5-7-23)21(22)26)20-18(12)19(25)17(27-20)10-14-3-2-8-28-14/h2-3,8-10,13,24H,4-7,11H2,1H3,(H2,22,26)/b17-10-. The molecule has 0 radical (unpaired) electrons. The maximum absolute atomic E-state index is 12.9. The molecule has 2 aliphatic heterocycles. The van der Waals surface area contributed by atoms with Crippen LogP contribution in [0.2, 0.25) is 0 Å². The Balaban J connectivity index is 1.61. The number of allylic oxidation sites excluding steroid dienone is 1. The van der Waals surface area contributed by atoms with Crippen LogP contribution in [0.4, 0.5) is 0 Å². The fraction of sp³-hybridized carbons (Fsp3) is 0.333. The number of nitrogens with two attached hydrogens (primary N) is 1. The molecule has 4 rings (SSSR count). The molecular weight excluding hydrogens is 376 g/mol. The Morgan fingerprint density at radius 1 is 1.43 bits per heavy atom. The van der Waals surface area contributed by atoms with Crippen molar-refractivity contribution in [1.82, 2.24) is 4.90 Å². The molecule has 1 fully saturated rings. The highest BCUT2D eigenvalue weighted by Crippen LogP contribution is 2.42. The molecule has 28 heavy (non-hydrogen) atoms. The minimum atomic E-state index is -0.254. The van der Waals surface area contributed by atoms with Gasteiger partial charge in [-0.3, -0.25) is 14.5 Å². The number of rotatable bonds is 4. The number of thiophene rings is 1. The number of primary amides is 1. The van der Waals surface area contributed by atoms with Crippen molar-refractivity contribution in [2.45, 2.75) is 26.3 Å². The van der Waals surface area contributed by atoms with Crippen molar-refractivity contribution in [2.75, 3.05) is 13.1 Å². The lowest BCUT2D eigenvalue weighted by molar-refractivity contribution is -0.123. The molecule has 2 aliphatic rings. The van der Waals surface area contributed by atoms with Crippen molar-refractivity contribution in [3.05, 3.63) is 50.9 Å². The molecule has 0 spiro atoms. The van der Waals surface area contributed by atoms with Gasteiger partial charge in [-0.05, 0) is 55.9 Å². The topological polar surface area (TPSA) is 92.9 Å². The average molecular weight is 398 g/mol. The smallest absolute Gasteiger partial charge is 0.232 e. The predicted octanol–water partition coefficient (Wildman–Crippen LogP) is 3.08. The van der Waals surface area contributed by atoms with E-state index in [4.69, 9.17) is 10.5 Å². The van der Waals surface area contributed by atoms with E-state index in [1.807, 2.05) is 17.5 Å². The summed E-state index contributed by atoms with van der Waals surface area (Å²) in [7, 11) is 0. The van der Waals surface area contributed by atoms with Crippen LogP contribution in [0.5, 0.6) is 11.5 Å². The van der Waals surface area contributed by atoms with Gasteiger partial charge in [-0.15, -0.1) is 11.3 Å². The molecule has 7 heteroatoms. The van der Waals surface area contributed by atoms with Crippen LogP contribution in [0.1, 0.15) is 39.2 Å². The first-order valence-electron chi connectivity index (χ1n) is 9.29. The SMILES string of the molecule is Cc1cc(O)c(CN2CCC(C(N)=O)CC2)c2c1C(=O)/C(=C/c1cccs1)O2. The van der Waals surface area contributed by atoms with E-state index in [0.717, 1.165) is 4.88 Å². The lowest BCUT2D eigenvalue weighted by Gasteiger charge is -2.31. The maximum Gasteiger partial charge on any atom is 0.232 e. The number of carbonyl (C=O) groups excluding carboxylic acids is 2. The summed E-state index contributed by atoms with van der Waals surface area (Å²) in [6, 6.07) is 5.47. The third-order valence-corrected chi connectivity index (χ3v) is 6.23. The van der Waals surface area contributed by atoms with Gasteiger partial charge in [-0.2, -0.15) is 0 Å². The number of ketones is 1. The summed E-state index contributed by atoms with van der Waals surface area (Å²) >= 11 is 1.53. The number of phenols is 1. The van der Waals surface area contributed by atoms with E-state index >= 15 is 0 Å². The molecule has 146 valence electrons. The number of aromatic hydroxyl groups is 1. The summed E-state index contributed by atoms with van der Waals surface area (Å²) < 4.78 is 5.94. The van der Waals surface area contributed by atoms with Gasteiger partial charge in [0.1, 0.15) is 11.5 Å². The molecule has 1 aromatic carbocycles. The van der Waals surface area contributed by atoms with E-state index < -0.39 is 0 Å². The third kappa shape index (κ3) is 3.43. The highest BCUT2D eigenvalue weighted by Gasteiger charge is 2.34. The molecule has 2 aromatic rings. The Hall–Kier alpha value is -2.64. The first-order chi connectivity index (χ1) is 13.4. The number of carbonyl (C=O) groups is 2. The molecule has 0 bridgehead atoms. The number of phenolic OH excluding ortho intramolecular Hbond substituents is 1. The first kappa shape index (κ1) is 18.7. The molecule has 1 saturated heterocycles. The number of nitrogens with zero attached hydrogens (tertiary/aromatic N) is 1. The van der Waals surface area contributed by atoms with Crippen LogP contribution in [-0.4, -0.2) is 34.8 Å². The largest absolute Gasteiger partial charge is 0.507 e. The fourth-order valence-corrected chi connectivity index (χ4v) is 4.48. The summed E-state index contributed by atoms with van der Waals surface area (Å²) in [4.78, 5) is 27.3. The normalized spacial score (nSPS) is 19.0. The number of hydrogen-bond acceptors (Lipinski definition) is 6. The van der Waals surface area contributed by atoms with Crippen LogP contribution in [0.3, 0.4) is 0 Å². The Bertz CT molecular complexity index is 957. The van der Waals surface area contributed by atoms with E-state index in [0.29, 0.717) is 54.9 Å². The zero-order valence-electron chi connectivity index (χ0n) is 15.6. The molecule has 0 atom stereocenters. The first-order valence-corrected chi connectivity index (χ1v) is 10.2. The molecule has 0 unspecified atom stereocenters. The summed E-state index contributed by atoms with van der Waals surface area (Å²) in [5.74, 6) is 0.345. The quantitative estimate of drug-likeness (QED) is 0.772. The van der Waals surface area contributed by atoms with Gasteiger partial charge in [0.25, 0.3) is 0 Å². The number of ether oxygens (including phenoxy) is 1. The van der Waals surface area contributed by atoms with Gasteiger partial charge in [0.15, 0.2) is 5.76 Å². The number of hydrogen-bond donors (Lipinski definition) is 2. The van der Waals surface area contributed by atoms with E-state index in [1.165, 1.54) is 11.3 Å². The van der Waals surface area contributed by atoms with Crippen LogP contribution >= 0.6 is 11.3 Å². The lowest BCUT2D eigenvalue weighted by atomic mass is 9.95. The van der Waals surface area contributed by atoms with Gasteiger partial charge in [0, 0.05) is 23.4 Å². The van der Waals surface area contributed by atoms with Gasteiger partial charge in [0.05, 0.1) is 11.1 Å². The van der Waals surface area contributed by atoms with Crippen molar-refractivity contribution in [1.29, 1.82) is 0 Å². The maximum atomic E-state index is 12.9. The summed E-state index contributed by atoms with van der Waals surface area (Å²) in [5.41, 5.74) is 7.23. The number of likely N-dealkylation sites (tertiary alicyclic amines) is 1. The fourth-order valence-electron chi connectivity index (χ4n) is 3.83. The summed E-state index contributed by atoms with van der Waals surface area (Å²) in [5, 5.41) is 12.5. The molecule has 1 aromatic heterocycles. The van der Waals surface area contributed by atoms with E-state index in [-0.39, 0.29) is 29.1 Å². The van der Waals surface area contributed by atoms with Crippen LogP contribution in [-0.2, 0) is 11.3 Å². The van der Waals surface area contributed by atoms with Crippen LogP contribution < -0.4 is 10.5 Å². The van der Waals surface area contributed by atoms with Gasteiger partial charge in [-0.1, -0.05) is 6.07 Å². The molecule has 0 aliphatic carbocycles. The zero-order valence-corrected chi connectivity index (χ0v) is 16.4. The number of piperidine rings is 1. The second-order valence-electron chi connectivity index (χ2n) is 7.30. The molecule has 3 heterocycles. The second-order valence-corrected chi connectivity index (χ2v) is 8.28. The Morgan fingerprint density at radius 2 is 2.18 bits per heavy atom. The zero-order chi connectivity index (χ0) is 19.8. The third-order valence-electron chi connectivity index (χ3n) is 5.41. The predicted molar refractivity (Wildman–Crippen MR) is 107 cm³/mol. The van der Waals surface area contributed by atoms with Gasteiger partial charge in [0.2, 0.25) is 11.7 Å². The Morgan fingerprint density at radius 3 is 2.82 bits per heavy atom. The molecular formula is C21H22N2O4S. The van der Waals surface area contributed by atoms with Crippen LogP contribution in [0, 0.1) is 12.8 Å². The van der Waals surface area contributed by atoms with Gasteiger partial charge < -0.3 is 15.6 Å². The summed E-state index contributed by atoms with van der Waals surface area (Å²) in [6.45, 7) is 3.68. The van der Waals surface area contributed by atoms with Crippen molar-refractivity contribution in [3.8, 4) is 11.5 Å². The second kappa shape index (κ2) is 7.41. The van der Waals surface area contributed by atoms with Crippen molar-refractivity contribution in [2.24, 2.45) is 11.7 Å². The van der Waals surface area contributed by atoms with Crippen molar-refractivity contribution < 1.29 is 19.4 Å². The van der Waals surface area contributed by atoms with Crippen LogP contribution in [0.25, 0.3) is 6.08 Å². The highest BCUT2D eigenvalue weighted by molar-refractivity contribution is 7.10. The van der Waals surface area contributed by atoms with E-state index in [2.05, 4.69) is 4.90 Å². The Labute approximate surface area is 167 Å². The number of benzene rings is 1. The lowest BCUT2D eigenvalue weighted by Crippen LogP contribution is -2.38. The molecule has 6 nitrogen and oxygen atoms in total. The van der Waals surface area contributed by atoms with Crippen LogP contribution in [0.15, 0.2) is 29.3 Å². The van der Waals surface area contributed by atoms with Crippen molar-refractivity contribution >= 4 is 29.1 Å². The molecule has 1 amide bonds. The van der Waals surface area contributed by atoms with Crippen molar-refractivity contribution in [3.63, 3.8) is 0 Å². The molecule has 0 saturated carbocycles. The highest BCUT2D eigenvalue weighted by atomic mass is 32.1. The van der Waals surface area contributed by atoms with E-state index in [9.17, 15) is 14.7 Å². The number of amides is 1. The minimum Gasteiger partial charge on any atom is -0.507 e. The monoisotopic (exact) mass is 398 g/mol. The average Bonchev–Trinajstić information content (AvgIpc) is 3.28. The minimum absolute atomic E-state index is 0.0910. The molecule has 3 N–H and O–H groups in total. The number of fused-ring (bicyclic) bond motifs is 1. The number of Topliss-reactive ketones (excluding diaryl/α,β-unsaturated/α-hetero) is 1. The van der Waals surface area contributed by atoms with Gasteiger partial charge >= 0.3 is 0 Å². The summed E-state index contributed by atoms with van der Waals surface area (Å²) in [6.07, 6.45) is 3.15.